The van der Waals surface area contributed by atoms with Gasteiger partial charge in [-0.1, -0.05) is 41.9 Å². The van der Waals surface area contributed by atoms with E-state index in [1.807, 2.05) is 49.4 Å². The molecule has 2 nitrogen and oxygen atoms in total. The summed E-state index contributed by atoms with van der Waals surface area (Å²) in [5.41, 5.74) is 2.48. The molecule has 1 unspecified atom stereocenters. The second-order valence-corrected chi connectivity index (χ2v) is 4.45. The Labute approximate surface area is 112 Å². The Morgan fingerprint density at radius 3 is 2.50 bits per heavy atom. The average molecular weight is 257 g/mol. The smallest absolute Gasteiger partial charge is 0.101 e. The van der Waals surface area contributed by atoms with Crippen LogP contribution in [-0.4, -0.2) is 0 Å². The van der Waals surface area contributed by atoms with E-state index in [1.54, 1.807) is 6.07 Å². The van der Waals surface area contributed by atoms with E-state index in [0.29, 0.717) is 5.56 Å². The van der Waals surface area contributed by atoms with Crippen LogP contribution in [0.5, 0.6) is 0 Å². The fraction of sp³-hybridized carbons (Fsp3) is 0.133. The van der Waals surface area contributed by atoms with Gasteiger partial charge in [-0.3, -0.25) is 0 Å². The van der Waals surface area contributed by atoms with Crippen LogP contribution in [0.15, 0.2) is 48.5 Å². The quantitative estimate of drug-likeness (QED) is 0.884. The van der Waals surface area contributed by atoms with Crippen molar-refractivity contribution < 1.29 is 0 Å². The van der Waals surface area contributed by atoms with E-state index < -0.39 is 0 Å². The molecule has 0 heterocycles. The lowest BCUT2D eigenvalue weighted by Gasteiger charge is -2.17. The fourth-order valence-corrected chi connectivity index (χ4v) is 2.14. The molecule has 2 aromatic carbocycles. The summed E-state index contributed by atoms with van der Waals surface area (Å²) in [6, 6.07) is 17.4. The molecular formula is C15H13ClN2. The molecule has 18 heavy (non-hydrogen) atoms. The van der Waals surface area contributed by atoms with Gasteiger partial charge in [-0.15, -0.1) is 0 Å². The van der Waals surface area contributed by atoms with E-state index in [9.17, 15) is 0 Å². The van der Waals surface area contributed by atoms with E-state index in [2.05, 4.69) is 11.4 Å². The van der Waals surface area contributed by atoms with Crippen molar-refractivity contribution in [1.29, 1.82) is 5.26 Å². The van der Waals surface area contributed by atoms with E-state index in [4.69, 9.17) is 16.9 Å². The SMILES string of the molecule is CC(Nc1ccccc1C#N)c1ccccc1Cl. The lowest BCUT2D eigenvalue weighted by Crippen LogP contribution is -2.08. The number of halogens is 1. The van der Waals surface area contributed by atoms with Crippen molar-refractivity contribution in [3.63, 3.8) is 0 Å². The third-order valence-electron chi connectivity index (χ3n) is 2.79. The molecule has 0 aliphatic carbocycles. The number of nitriles is 1. The molecule has 0 aliphatic heterocycles. The molecule has 90 valence electrons. The maximum atomic E-state index is 9.04. The first-order valence-electron chi connectivity index (χ1n) is 5.72. The summed E-state index contributed by atoms with van der Waals surface area (Å²) in [5, 5.41) is 13.1. The second kappa shape index (κ2) is 5.57. The third kappa shape index (κ3) is 2.64. The van der Waals surface area contributed by atoms with E-state index in [1.165, 1.54) is 0 Å². The standard InChI is InChI=1S/C15H13ClN2/c1-11(13-7-3-4-8-14(13)16)18-15-9-5-2-6-12(15)10-17/h2-9,11,18H,1H3. The van der Waals surface area contributed by atoms with Gasteiger partial charge in [0.05, 0.1) is 17.3 Å². The number of hydrogen-bond acceptors (Lipinski definition) is 2. The monoisotopic (exact) mass is 256 g/mol. The number of hydrogen-bond donors (Lipinski definition) is 1. The first-order chi connectivity index (χ1) is 8.72. The van der Waals surface area contributed by atoms with E-state index >= 15 is 0 Å². The average Bonchev–Trinajstić information content (AvgIpc) is 2.39. The summed E-state index contributed by atoms with van der Waals surface area (Å²) < 4.78 is 0. The number of nitrogens with one attached hydrogen (secondary N) is 1. The molecule has 1 atom stereocenters. The summed E-state index contributed by atoms with van der Waals surface area (Å²) >= 11 is 6.15. The lowest BCUT2D eigenvalue weighted by molar-refractivity contribution is 0.884. The van der Waals surface area contributed by atoms with Crippen molar-refractivity contribution in [2.75, 3.05) is 5.32 Å². The highest BCUT2D eigenvalue weighted by molar-refractivity contribution is 6.31. The Bertz CT molecular complexity index is 587. The first kappa shape index (κ1) is 12.5. The molecule has 0 bridgehead atoms. The van der Waals surface area contributed by atoms with Crippen LogP contribution in [0.25, 0.3) is 0 Å². The molecule has 0 fully saturated rings. The first-order valence-corrected chi connectivity index (χ1v) is 6.10. The second-order valence-electron chi connectivity index (χ2n) is 4.04. The van der Waals surface area contributed by atoms with Crippen LogP contribution in [0.4, 0.5) is 5.69 Å². The van der Waals surface area contributed by atoms with Crippen LogP contribution in [0.1, 0.15) is 24.1 Å². The van der Waals surface area contributed by atoms with Gasteiger partial charge in [0.1, 0.15) is 6.07 Å². The summed E-state index contributed by atoms with van der Waals surface area (Å²) in [6.45, 7) is 2.02. The molecule has 1 N–H and O–H groups in total. The fourth-order valence-electron chi connectivity index (χ4n) is 1.84. The van der Waals surface area contributed by atoms with Crippen LogP contribution in [0.2, 0.25) is 5.02 Å². The Hall–Kier alpha value is -1.98. The molecule has 3 heteroatoms. The maximum Gasteiger partial charge on any atom is 0.101 e. The van der Waals surface area contributed by atoms with Gasteiger partial charge in [-0.25, -0.2) is 0 Å². The van der Waals surface area contributed by atoms with Gasteiger partial charge in [0.25, 0.3) is 0 Å². The molecule has 0 saturated heterocycles. The molecule has 2 aromatic rings. The predicted molar refractivity (Wildman–Crippen MR) is 74.6 cm³/mol. The van der Waals surface area contributed by atoms with Crippen LogP contribution in [0, 0.1) is 11.3 Å². The number of benzene rings is 2. The number of anilines is 1. The van der Waals surface area contributed by atoms with Crippen LogP contribution < -0.4 is 5.32 Å². The zero-order chi connectivity index (χ0) is 13.0. The number of nitrogens with zero attached hydrogens (tertiary/aromatic N) is 1. The van der Waals surface area contributed by atoms with Crippen molar-refractivity contribution >= 4 is 17.3 Å². The number of para-hydroxylation sites is 1. The molecular weight excluding hydrogens is 244 g/mol. The normalized spacial score (nSPS) is 11.6. The highest BCUT2D eigenvalue weighted by atomic mass is 35.5. The van der Waals surface area contributed by atoms with E-state index in [-0.39, 0.29) is 6.04 Å². The Morgan fingerprint density at radius 1 is 1.11 bits per heavy atom. The largest absolute Gasteiger partial charge is 0.377 e. The Balaban J connectivity index is 2.25. The highest BCUT2D eigenvalue weighted by Gasteiger charge is 2.10. The Kier molecular flexibility index (Phi) is 3.86. The lowest BCUT2D eigenvalue weighted by atomic mass is 10.1. The van der Waals surface area contributed by atoms with Crippen LogP contribution in [-0.2, 0) is 0 Å². The highest BCUT2D eigenvalue weighted by Crippen LogP contribution is 2.26. The minimum atomic E-state index is 0.0493. The van der Waals surface area contributed by atoms with Crippen LogP contribution in [0.3, 0.4) is 0 Å². The van der Waals surface area contributed by atoms with Gasteiger partial charge < -0.3 is 5.32 Å². The van der Waals surface area contributed by atoms with Gasteiger partial charge in [0.15, 0.2) is 0 Å². The third-order valence-corrected chi connectivity index (χ3v) is 3.14. The summed E-state index contributed by atoms with van der Waals surface area (Å²) in [6.07, 6.45) is 0. The van der Waals surface area contributed by atoms with Crippen molar-refractivity contribution in [3.8, 4) is 6.07 Å². The molecule has 2 rings (SSSR count). The molecule has 0 saturated carbocycles. The number of rotatable bonds is 3. The van der Waals surface area contributed by atoms with Gasteiger partial charge in [-0.05, 0) is 30.7 Å². The van der Waals surface area contributed by atoms with Crippen molar-refractivity contribution in [2.24, 2.45) is 0 Å². The van der Waals surface area contributed by atoms with E-state index in [0.717, 1.165) is 16.3 Å². The molecule has 0 spiro atoms. The van der Waals surface area contributed by atoms with Gasteiger partial charge in [0, 0.05) is 5.02 Å². The molecule has 0 amide bonds. The van der Waals surface area contributed by atoms with Crippen LogP contribution >= 0.6 is 11.6 Å². The summed E-state index contributed by atoms with van der Waals surface area (Å²) in [5.74, 6) is 0. The zero-order valence-corrected chi connectivity index (χ0v) is 10.8. The van der Waals surface area contributed by atoms with Crippen molar-refractivity contribution in [3.05, 3.63) is 64.7 Å². The minimum absolute atomic E-state index is 0.0493. The predicted octanol–water partition coefficient (Wildman–Crippen LogP) is 4.38. The van der Waals surface area contributed by atoms with Gasteiger partial charge >= 0.3 is 0 Å². The molecule has 0 aromatic heterocycles. The zero-order valence-electron chi connectivity index (χ0n) is 10.0. The van der Waals surface area contributed by atoms with Crippen molar-refractivity contribution in [2.45, 2.75) is 13.0 Å². The van der Waals surface area contributed by atoms with Gasteiger partial charge in [-0.2, -0.15) is 5.26 Å². The maximum absolute atomic E-state index is 9.04. The van der Waals surface area contributed by atoms with Crippen molar-refractivity contribution in [1.82, 2.24) is 0 Å². The minimum Gasteiger partial charge on any atom is -0.377 e. The molecule has 0 aliphatic rings. The topological polar surface area (TPSA) is 35.8 Å². The summed E-state index contributed by atoms with van der Waals surface area (Å²) in [7, 11) is 0. The van der Waals surface area contributed by atoms with Gasteiger partial charge in [0.2, 0.25) is 0 Å². The summed E-state index contributed by atoms with van der Waals surface area (Å²) in [4.78, 5) is 0. The molecule has 0 radical (unpaired) electrons. The Morgan fingerprint density at radius 2 is 1.78 bits per heavy atom.